The quantitative estimate of drug-likeness (QED) is 0.408. The molecule has 0 bridgehead atoms. The van der Waals surface area contributed by atoms with Crippen LogP contribution in [0.15, 0.2) is 66.2 Å². The maximum absolute atomic E-state index is 13.7. The summed E-state index contributed by atoms with van der Waals surface area (Å²) in [6.45, 7) is 8.66. The van der Waals surface area contributed by atoms with Crippen molar-refractivity contribution in [2.75, 3.05) is 18.0 Å². The highest BCUT2D eigenvalue weighted by atomic mass is 16.4. The number of carbonyl (C=O) groups excluding carboxylic acids is 1. The second-order valence-corrected chi connectivity index (χ2v) is 11.3. The molecule has 6 heteroatoms. The molecule has 2 aliphatic rings. The van der Waals surface area contributed by atoms with E-state index < -0.39 is 11.6 Å². The van der Waals surface area contributed by atoms with Crippen LogP contribution in [0.5, 0.6) is 0 Å². The van der Waals surface area contributed by atoms with Crippen LogP contribution >= 0.6 is 0 Å². The van der Waals surface area contributed by atoms with E-state index in [1.54, 1.807) is 0 Å². The summed E-state index contributed by atoms with van der Waals surface area (Å²) >= 11 is 0. The molecule has 0 unspecified atom stereocenters. The number of carbonyl (C=O) groups is 2. The number of fused-ring (bicyclic) bond motifs is 2. The molecular weight excluding hydrogens is 462 g/mol. The first-order chi connectivity index (χ1) is 17.7. The van der Waals surface area contributed by atoms with E-state index in [-0.39, 0.29) is 5.78 Å². The molecule has 3 aromatic rings. The van der Waals surface area contributed by atoms with Gasteiger partial charge < -0.3 is 5.11 Å². The van der Waals surface area contributed by atoms with Crippen LogP contribution in [-0.4, -0.2) is 45.5 Å². The number of anilines is 1. The number of rotatable bonds is 5. The van der Waals surface area contributed by atoms with Crippen molar-refractivity contribution < 1.29 is 14.7 Å². The highest BCUT2D eigenvalue weighted by molar-refractivity contribution is 6.21. The number of allylic oxidation sites excluding steroid dienone is 2. The number of amides is 1. The molecule has 0 spiro atoms. The maximum Gasteiger partial charge on any atom is 0.412 e. The Morgan fingerprint density at radius 3 is 2.43 bits per heavy atom. The van der Waals surface area contributed by atoms with Crippen molar-refractivity contribution >= 4 is 28.5 Å². The van der Waals surface area contributed by atoms with E-state index in [1.165, 1.54) is 10.5 Å². The fourth-order valence-electron chi connectivity index (χ4n) is 5.68. The number of para-hydroxylation sites is 1. The number of carboxylic acid groups (broad SMARTS) is 1. The summed E-state index contributed by atoms with van der Waals surface area (Å²) in [5.74, 6) is 0.466. The summed E-state index contributed by atoms with van der Waals surface area (Å²) in [4.78, 5) is 34.8. The predicted octanol–water partition coefficient (Wildman–Crippen LogP) is 6.49. The van der Waals surface area contributed by atoms with Crippen molar-refractivity contribution in [1.29, 1.82) is 0 Å². The Balaban J connectivity index is 1.36. The van der Waals surface area contributed by atoms with Gasteiger partial charge in [0.05, 0.1) is 22.5 Å². The first kappa shape index (κ1) is 25.2. The monoisotopic (exact) mass is 497 g/mol. The molecule has 192 valence electrons. The van der Waals surface area contributed by atoms with Gasteiger partial charge in [-0.3, -0.25) is 19.6 Å². The molecule has 1 saturated heterocycles. The smallest absolute Gasteiger partial charge is 0.412 e. The van der Waals surface area contributed by atoms with Crippen molar-refractivity contribution in [3.05, 3.63) is 83.1 Å². The maximum atomic E-state index is 13.7. The number of ketones is 1. The van der Waals surface area contributed by atoms with Crippen molar-refractivity contribution in [2.24, 2.45) is 5.92 Å². The number of Topliss-reactive ketones (excluding diaryl/α,β-unsaturated/α-hetero) is 1. The summed E-state index contributed by atoms with van der Waals surface area (Å²) in [5, 5.41) is 10.9. The van der Waals surface area contributed by atoms with Gasteiger partial charge in [-0.15, -0.1) is 0 Å². The Morgan fingerprint density at radius 1 is 1.08 bits per heavy atom. The molecule has 6 nitrogen and oxygen atoms in total. The van der Waals surface area contributed by atoms with Gasteiger partial charge in [-0.1, -0.05) is 54.6 Å². The van der Waals surface area contributed by atoms with E-state index in [0.29, 0.717) is 40.2 Å². The summed E-state index contributed by atoms with van der Waals surface area (Å²) < 4.78 is 0. The van der Waals surface area contributed by atoms with Crippen molar-refractivity contribution in [3.63, 3.8) is 0 Å². The molecule has 2 aromatic carbocycles. The summed E-state index contributed by atoms with van der Waals surface area (Å²) in [5.41, 5.74) is 3.67. The van der Waals surface area contributed by atoms with Gasteiger partial charge >= 0.3 is 6.09 Å². The number of nitrogens with zero attached hydrogens (tertiary/aromatic N) is 3. The third-order valence-corrected chi connectivity index (χ3v) is 7.56. The molecule has 1 aliphatic heterocycles. The standard InChI is InChI=1S/C31H35N3O3/c1-31(2,3)34(30(36)37)28-24-11-7-8-12-25(24)32-26-19-23(29(35)27(26)28)14-13-21-15-17-33(18-16-21)20-22-9-5-4-6-10-22/h4-12,14,21H,13,15-20H2,1-3H3,(H,36,37). The fraction of sp³-hybridized carbons (Fsp3) is 0.387. The van der Waals surface area contributed by atoms with Crippen LogP contribution in [0, 0.1) is 5.92 Å². The van der Waals surface area contributed by atoms with Crippen LogP contribution in [0.25, 0.3) is 10.9 Å². The lowest BCUT2D eigenvalue weighted by molar-refractivity contribution is 0.103. The molecular formula is C31H35N3O3. The van der Waals surface area contributed by atoms with Gasteiger partial charge in [-0.05, 0) is 70.7 Å². The van der Waals surface area contributed by atoms with Crippen LogP contribution in [0.4, 0.5) is 10.5 Å². The Morgan fingerprint density at radius 2 is 1.76 bits per heavy atom. The second-order valence-electron chi connectivity index (χ2n) is 11.3. The molecule has 1 aromatic heterocycles. The van der Waals surface area contributed by atoms with E-state index in [1.807, 2.05) is 45.0 Å². The second kappa shape index (κ2) is 10.1. The highest BCUT2D eigenvalue weighted by Crippen LogP contribution is 2.41. The summed E-state index contributed by atoms with van der Waals surface area (Å²) in [7, 11) is 0. The molecule has 0 atom stereocenters. The van der Waals surface area contributed by atoms with Crippen LogP contribution < -0.4 is 4.90 Å². The van der Waals surface area contributed by atoms with Gasteiger partial charge in [0.15, 0.2) is 5.78 Å². The Kier molecular flexibility index (Phi) is 6.86. The average Bonchev–Trinajstić information content (AvgIpc) is 3.18. The van der Waals surface area contributed by atoms with E-state index >= 15 is 0 Å². The SMILES string of the molecule is CC(C)(C)N(C(=O)O)c1c2c(nc3ccccc13)CC(=CCC1CCN(Cc3ccccc3)CC1)C2=O. The largest absolute Gasteiger partial charge is 0.465 e. The normalized spacial score (nSPS) is 17.9. The Bertz CT molecular complexity index is 1350. The van der Waals surface area contributed by atoms with Crippen molar-refractivity contribution in [3.8, 4) is 0 Å². The van der Waals surface area contributed by atoms with Crippen molar-refractivity contribution in [2.45, 2.75) is 58.5 Å². The Hall–Kier alpha value is -3.51. The summed E-state index contributed by atoms with van der Waals surface area (Å²) in [6.07, 6.45) is 4.57. The summed E-state index contributed by atoms with van der Waals surface area (Å²) in [6, 6.07) is 18.1. The number of hydrogen-bond donors (Lipinski definition) is 1. The van der Waals surface area contributed by atoms with Gasteiger partial charge in [-0.2, -0.15) is 0 Å². The zero-order valence-corrected chi connectivity index (χ0v) is 21.9. The lowest BCUT2D eigenvalue weighted by Crippen LogP contribution is -2.46. The number of pyridine rings is 1. The molecule has 1 aliphatic carbocycles. The number of hydrogen-bond acceptors (Lipinski definition) is 4. The molecule has 1 fully saturated rings. The molecule has 5 rings (SSSR count). The number of piperidine rings is 1. The van der Waals surface area contributed by atoms with E-state index in [2.05, 4.69) is 41.3 Å². The van der Waals surface area contributed by atoms with Gasteiger partial charge in [0.25, 0.3) is 0 Å². The number of aromatic nitrogens is 1. The van der Waals surface area contributed by atoms with Gasteiger partial charge in [0.1, 0.15) is 0 Å². The van der Waals surface area contributed by atoms with E-state index in [9.17, 15) is 14.7 Å². The molecule has 1 N–H and O–H groups in total. The van der Waals surface area contributed by atoms with Gasteiger partial charge in [0.2, 0.25) is 0 Å². The predicted molar refractivity (Wildman–Crippen MR) is 147 cm³/mol. The van der Waals surface area contributed by atoms with Gasteiger partial charge in [-0.25, -0.2) is 4.79 Å². The lowest BCUT2D eigenvalue weighted by atomic mass is 9.92. The van der Waals surface area contributed by atoms with Crippen LogP contribution in [0.1, 0.15) is 61.6 Å². The molecule has 0 saturated carbocycles. The molecule has 2 heterocycles. The van der Waals surface area contributed by atoms with E-state index in [0.717, 1.165) is 44.5 Å². The zero-order valence-electron chi connectivity index (χ0n) is 21.9. The average molecular weight is 498 g/mol. The fourth-order valence-corrected chi connectivity index (χ4v) is 5.68. The number of likely N-dealkylation sites (tertiary alicyclic amines) is 1. The molecule has 0 radical (unpaired) electrons. The van der Waals surface area contributed by atoms with Crippen LogP contribution in [0.2, 0.25) is 0 Å². The van der Waals surface area contributed by atoms with Gasteiger partial charge in [0, 0.05) is 29.5 Å². The topological polar surface area (TPSA) is 73.7 Å². The first-order valence-corrected chi connectivity index (χ1v) is 13.2. The van der Waals surface area contributed by atoms with Crippen LogP contribution in [-0.2, 0) is 13.0 Å². The molecule has 1 amide bonds. The van der Waals surface area contributed by atoms with E-state index in [4.69, 9.17) is 4.98 Å². The zero-order chi connectivity index (χ0) is 26.2. The minimum Gasteiger partial charge on any atom is -0.465 e. The third kappa shape index (κ3) is 5.16. The Labute approximate surface area is 218 Å². The lowest BCUT2D eigenvalue weighted by Gasteiger charge is -2.35. The first-order valence-electron chi connectivity index (χ1n) is 13.2. The number of benzene rings is 2. The minimum absolute atomic E-state index is 0.0831. The van der Waals surface area contributed by atoms with Crippen LogP contribution in [0.3, 0.4) is 0 Å². The highest BCUT2D eigenvalue weighted by Gasteiger charge is 2.38. The third-order valence-electron chi connectivity index (χ3n) is 7.56. The minimum atomic E-state index is -1.07. The molecule has 37 heavy (non-hydrogen) atoms. The van der Waals surface area contributed by atoms with Crippen molar-refractivity contribution in [1.82, 2.24) is 9.88 Å².